The molecular weight excluding hydrogens is 252 g/mol. The normalized spacial score (nSPS) is 12.8. The molecular formula is C8H11BrN2O3. The number of hydrogen-bond donors (Lipinski definition) is 2. The van der Waals surface area contributed by atoms with Gasteiger partial charge in [0.2, 0.25) is 0 Å². The first-order valence-electron chi connectivity index (χ1n) is 4.14. The predicted molar refractivity (Wildman–Crippen MR) is 55.3 cm³/mol. The van der Waals surface area contributed by atoms with Crippen molar-refractivity contribution in [1.82, 2.24) is 9.55 Å². The van der Waals surface area contributed by atoms with Crippen LogP contribution in [0.3, 0.4) is 0 Å². The van der Waals surface area contributed by atoms with Crippen LogP contribution in [-0.2, 0) is 6.54 Å². The molecule has 1 aromatic rings. The average Bonchev–Trinajstić information content (AvgIpc) is 2.14. The lowest BCUT2D eigenvalue weighted by molar-refractivity contribution is 0.221. The van der Waals surface area contributed by atoms with Crippen molar-refractivity contribution in [1.29, 1.82) is 0 Å². The Hall–Kier alpha value is -0.880. The molecule has 0 bridgehead atoms. The third kappa shape index (κ3) is 2.55. The molecule has 2 N–H and O–H groups in total. The van der Waals surface area contributed by atoms with E-state index in [0.29, 0.717) is 11.0 Å². The summed E-state index contributed by atoms with van der Waals surface area (Å²) in [6, 6.07) is 0. The van der Waals surface area contributed by atoms with Gasteiger partial charge in [0.05, 0.1) is 4.47 Å². The van der Waals surface area contributed by atoms with Crippen molar-refractivity contribution in [3.63, 3.8) is 0 Å². The molecule has 0 aromatic carbocycles. The lowest BCUT2D eigenvalue weighted by atomic mass is 10.2. The highest BCUT2D eigenvalue weighted by atomic mass is 79.9. The minimum absolute atomic E-state index is 0.00316. The minimum Gasteiger partial charge on any atom is -0.396 e. The molecule has 0 amide bonds. The highest BCUT2D eigenvalue weighted by molar-refractivity contribution is 9.10. The van der Waals surface area contributed by atoms with Gasteiger partial charge in [0.1, 0.15) is 0 Å². The van der Waals surface area contributed by atoms with Crippen molar-refractivity contribution < 1.29 is 5.11 Å². The number of aliphatic hydroxyl groups excluding tert-OH is 1. The third-order valence-corrected chi connectivity index (χ3v) is 2.35. The highest BCUT2D eigenvalue weighted by Crippen LogP contribution is 2.01. The molecule has 14 heavy (non-hydrogen) atoms. The minimum atomic E-state index is -0.460. The first kappa shape index (κ1) is 11.2. The van der Waals surface area contributed by atoms with Gasteiger partial charge < -0.3 is 5.11 Å². The van der Waals surface area contributed by atoms with Crippen molar-refractivity contribution in [3.8, 4) is 0 Å². The van der Waals surface area contributed by atoms with Gasteiger partial charge in [0.25, 0.3) is 5.56 Å². The number of aromatic nitrogens is 2. The van der Waals surface area contributed by atoms with E-state index in [1.807, 2.05) is 6.92 Å². The lowest BCUT2D eigenvalue weighted by Gasteiger charge is -2.09. The number of aromatic amines is 1. The summed E-state index contributed by atoms with van der Waals surface area (Å²) in [5, 5.41) is 8.81. The van der Waals surface area contributed by atoms with Gasteiger partial charge in [-0.25, -0.2) is 4.79 Å². The maximum Gasteiger partial charge on any atom is 0.328 e. The van der Waals surface area contributed by atoms with Crippen LogP contribution in [0.15, 0.2) is 20.3 Å². The van der Waals surface area contributed by atoms with Crippen molar-refractivity contribution >= 4 is 15.9 Å². The average molecular weight is 263 g/mol. The van der Waals surface area contributed by atoms with E-state index < -0.39 is 11.2 Å². The van der Waals surface area contributed by atoms with E-state index in [2.05, 4.69) is 20.9 Å². The summed E-state index contributed by atoms with van der Waals surface area (Å²) in [7, 11) is 0. The molecule has 0 saturated carbocycles. The molecule has 5 nitrogen and oxygen atoms in total. The van der Waals surface area contributed by atoms with E-state index in [0.717, 1.165) is 0 Å². The summed E-state index contributed by atoms with van der Waals surface area (Å²) in [6.45, 7) is 2.19. The Kier molecular flexibility index (Phi) is 3.65. The Morgan fingerprint density at radius 3 is 2.86 bits per heavy atom. The topological polar surface area (TPSA) is 75.1 Å². The number of H-pyrrole nitrogens is 1. The fraction of sp³-hybridized carbons (Fsp3) is 0.500. The monoisotopic (exact) mass is 262 g/mol. The first-order chi connectivity index (χ1) is 6.54. The van der Waals surface area contributed by atoms with E-state index >= 15 is 0 Å². The molecule has 0 aliphatic heterocycles. The van der Waals surface area contributed by atoms with E-state index in [1.165, 1.54) is 10.8 Å². The molecule has 1 atom stereocenters. The molecule has 0 fully saturated rings. The summed E-state index contributed by atoms with van der Waals surface area (Å²) in [4.78, 5) is 24.4. The second kappa shape index (κ2) is 4.56. The van der Waals surface area contributed by atoms with E-state index in [4.69, 9.17) is 5.11 Å². The molecule has 0 spiro atoms. The molecule has 1 heterocycles. The van der Waals surface area contributed by atoms with Crippen LogP contribution in [0, 0.1) is 5.92 Å². The quantitative estimate of drug-likeness (QED) is 0.801. The predicted octanol–water partition coefficient (Wildman–Crippen LogP) is -0.0725. The van der Waals surface area contributed by atoms with Crippen molar-refractivity contribution in [2.24, 2.45) is 5.92 Å². The number of halogens is 1. The number of aliphatic hydroxyl groups is 1. The van der Waals surface area contributed by atoms with Crippen LogP contribution in [0.5, 0.6) is 0 Å². The maximum atomic E-state index is 11.2. The van der Waals surface area contributed by atoms with Crippen molar-refractivity contribution in [3.05, 3.63) is 31.5 Å². The van der Waals surface area contributed by atoms with Gasteiger partial charge in [-0.05, 0) is 21.8 Å². The maximum absolute atomic E-state index is 11.2. The zero-order valence-corrected chi connectivity index (χ0v) is 9.24. The molecule has 78 valence electrons. The SMILES string of the molecule is CC(CO)Cn1cc(Br)c(=O)[nH]c1=O. The van der Waals surface area contributed by atoms with E-state index in [1.54, 1.807) is 0 Å². The summed E-state index contributed by atoms with van der Waals surface area (Å²) in [5.74, 6) is -0.0227. The van der Waals surface area contributed by atoms with Crippen LogP contribution in [0.4, 0.5) is 0 Å². The van der Waals surface area contributed by atoms with Gasteiger partial charge >= 0.3 is 5.69 Å². The summed E-state index contributed by atoms with van der Waals surface area (Å²) in [5.41, 5.74) is -0.901. The summed E-state index contributed by atoms with van der Waals surface area (Å²) >= 11 is 3.03. The molecule has 0 radical (unpaired) electrons. The Morgan fingerprint density at radius 1 is 1.64 bits per heavy atom. The first-order valence-corrected chi connectivity index (χ1v) is 4.94. The number of hydrogen-bond acceptors (Lipinski definition) is 3. The summed E-state index contributed by atoms with van der Waals surface area (Å²) in [6.07, 6.45) is 1.42. The van der Waals surface area contributed by atoms with Gasteiger partial charge in [-0.1, -0.05) is 6.92 Å². The fourth-order valence-electron chi connectivity index (χ4n) is 1.01. The van der Waals surface area contributed by atoms with Crippen LogP contribution in [0.2, 0.25) is 0 Å². The largest absolute Gasteiger partial charge is 0.396 e. The van der Waals surface area contributed by atoms with Crippen LogP contribution in [-0.4, -0.2) is 21.3 Å². The number of nitrogens with zero attached hydrogens (tertiary/aromatic N) is 1. The van der Waals surface area contributed by atoms with Crippen LogP contribution in [0.25, 0.3) is 0 Å². The lowest BCUT2D eigenvalue weighted by Crippen LogP contribution is -2.31. The number of nitrogens with one attached hydrogen (secondary N) is 1. The standard InChI is InChI=1S/C8H11BrN2O3/c1-5(4-12)2-11-3-6(9)7(13)10-8(11)14/h3,5,12H,2,4H2,1H3,(H,10,13,14). The smallest absolute Gasteiger partial charge is 0.328 e. The van der Waals surface area contributed by atoms with Crippen LogP contribution in [0.1, 0.15) is 6.92 Å². The Bertz CT molecular complexity index is 423. The van der Waals surface area contributed by atoms with E-state index in [9.17, 15) is 9.59 Å². The highest BCUT2D eigenvalue weighted by Gasteiger charge is 2.05. The summed E-state index contributed by atoms with van der Waals surface area (Å²) < 4.78 is 1.66. The number of rotatable bonds is 3. The molecule has 0 aliphatic rings. The van der Waals surface area contributed by atoms with Gasteiger partial charge in [-0.2, -0.15) is 0 Å². The Balaban J connectivity index is 3.04. The van der Waals surface area contributed by atoms with Gasteiger partial charge in [0.15, 0.2) is 0 Å². The molecule has 0 aliphatic carbocycles. The Morgan fingerprint density at radius 2 is 2.29 bits per heavy atom. The third-order valence-electron chi connectivity index (χ3n) is 1.79. The molecule has 0 saturated heterocycles. The van der Waals surface area contributed by atoms with Gasteiger partial charge in [-0.3, -0.25) is 14.3 Å². The molecule has 6 heteroatoms. The van der Waals surface area contributed by atoms with Crippen molar-refractivity contribution in [2.75, 3.05) is 6.61 Å². The van der Waals surface area contributed by atoms with Crippen molar-refractivity contribution in [2.45, 2.75) is 13.5 Å². The second-order valence-corrected chi connectivity index (χ2v) is 4.03. The van der Waals surface area contributed by atoms with Gasteiger partial charge in [0, 0.05) is 19.3 Å². The fourth-order valence-corrected chi connectivity index (χ4v) is 1.36. The zero-order valence-electron chi connectivity index (χ0n) is 7.66. The second-order valence-electron chi connectivity index (χ2n) is 3.18. The zero-order chi connectivity index (χ0) is 10.7. The van der Waals surface area contributed by atoms with Crippen LogP contribution < -0.4 is 11.2 Å². The Labute approximate surface area is 88.5 Å². The molecule has 1 aromatic heterocycles. The molecule has 1 unspecified atom stereocenters. The van der Waals surface area contributed by atoms with Crippen LogP contribution >= 0.6 is 15.9 Å². The molecule has 1 rings (SSSR count). The van der Waals surface area contributed by atoms with E-state index in [-0.39, 0.29) is 12.5 Å². The van der Waals surface area contributed by atoms with Gasteiger partial charge in [-0.15, -0.1) is 0 Å².